The minimum atomic E-state index is -0.707. The lowest BCUT2D eigenvalue weighted by Crippen LogP contribution is -2.15. The number of anilines is 1. The van der Waals surface area contributed by atoms with Gasteiger partial charge in [-0.25, -0.2) is 9.97 Å². The summed E-state index contributed by atoms with van der Waals surface area (Å²) in [5.74, 6) is 1.61. The molecule has 0 saturated carbocycles. The van der Waals surface area contributed by atoms with E-state index in [0.717, 1.165) is 24.2 Å². The number of nitrogens with one attached hydrogen (secondary N) is 1. The summed E-state index contributed by atoms with van der Waals surface area (Å²) in [5.41, 5.74) is 1.72. The smallest absolute Gasteiger partial charge is 0.132 e. The monoisotopic (exact) mass is 287 g/mol. The lowest BCUT2D eigenvalue weighted by atomic mass is 10.1. The van der Waals surface area contributed by atoms with Gasteiger partial charge >= 0.3 is 0 Å². The van der Waals surface area contributed by atoms with Crippen LogP contribution in [-0.4, -0.2) is 26.7 Å². The molecule has 5 heteroatoms. The third kappa shape index (κ3) is 4.16. The minimum Gasteiger partial charge on any atom is -0.508 e. The number of rotatable bonds is 6. The molecule has 1 aromatic carbocycles. The van der Waals surface area contributed by atoms with Gasteiger partial charge in [-0.15, -0.1) is 0 Å². The normalized spacial score (nSPS) is 12.1. The molecule has 0 amide bonds. The first kappa shape index (κ1) is 15.3. The van der Waals surface area contributed by atoms with Gasteiger partial charge in [0.1, 0.15) is 17.4 Å². The molecule has 0 saturated heterocycles. The predicted octanol–water partition coefficient (Wildman–Crippen LogP) is 2.59. The van der Waals surface area contributed by atoms with Gasteiger partial charge in [-0.2, -0.15) is 0 Å². The maximum absolute atomic E-state index is 10.2. The number of nitrogens with zero attached hydrogens (tertiary/aromatic N) is 2. The number of phenolic OH excluding ortho intramolecular Hbond substituents is 1. The summed E-state index contributed by atoms with van der Waals surface area (Å²) in [6, 6.07) is 6.64. The second-order valence-corrected chi connectivity index (χ2v) is 5.03. The number of phenols is 1. The summed E-state index contributed by atoms with van der Waals surface area (Å²) in [6.45, 7) is 4.27. The van der Waals surface area contributed by atoms with E-state index in [0.29, 0.717) is 17.9 Å². The molecule has 0 aliphatic carbocycles. The Morgan fingerprint density at radius 3 is 2.86 bits per heavy atom. The maximum Gasteiger partial charge on any atom is 0.132 e. The van der Waals surface area contributed by atoms with Crippen LogP contribution in [0.3, 0.4) is 0 Å². The molecule has 0 aliphatic rings. The predicted molar refractivity (Wildman–Crippen MR) is 82.3 cm³/mol. The van der Waals surface area contributed by atoms with E-state index in [4.69, 9.17) is 0 Å². The quantitative estimate of drug-likeness (QED) is 0.761. The van der Waals surface area contributed by atoms with E-state index in [9.17, 15) is 10.2 Å². The van der Waals surface area contributed by atoms with Crippen molar-refractivity contribution in [1.29, 1.82) is 0 Å². The van der Waals surface area contributed by atoms with Crippen LogP contribution in [0.1, 0.15) is 36.4 Å². The highest BCUT2D eigenvalue weighted by Crippen LogP contribution is 2.20. The van der Waals surface area contributed by atoms with Crippen LogP contribution in [-0.2, 0) is 6.42 Å². The third-order valence-corrected chi connectivity index (χ3v) is 3.22. The van der Waals surface area contributed by atoms with Crippen molar-refractivity contribution < 1.29 is 10.2 Å². The van der Waals surface area contributed by atoms with E-state index in [1.807, 2.05) is 13.1 Å². The third-order valence-electron chi connectivity index (χ3n) is 3.22. The molecular formula is C16H21N3O2. The Balaban J connectivity index is 2.07. The Hall–Kier alpha value is -2.14. The maximum atomic E-state index is 10.2. The number of aliphatic hydroxyl groups excluding tert-OH is 1. The number of hydrogen-bond acceptors (Lipinski definition) is 5. The van der Waals surface area contributed by atoms with Crippen molar-refractivity contribution >= 4 is 5.82 Å². The molecule has 3 N–H and O–H groups in total. The van der Waals surface area contributed by atoms with E-state index in [1.54, 1.807) is 24.3 Å². The standard InChI is InChI=1S/C16H21N3O2/c1-3-5-13-9-17-11(2)19-16(13)18-10-15(21)12-6-4-7-14(20)8-12/h4,6-9,15,20-21H,3,5,10H2,1-2H3,(H,17,18,19). The first-order chi connectivity index (χ1) is 10.1. The lowest BCUT2D eigenvalue weighted by Gasteiger charge is -2.15. The summed E-state index contributed by atoms with van der Waals surface area (Å²) in [6.07, 6.45) is 3.03. The van der Waals surface area contributed by atoms with Gasteiger partial charge in [-0.1, -0.05) is 25.5 Å². The number of aromatic nitrogens is 2. The van der Waals surface area contributed by atoms with E-state index in [-0.39, 0.29) is 5.75 Å². The zero-order valence-electron chi connectivity index (χ0n) is 12.4. The van der Waals surface area contributed by atoms with Gasteiger partial charge in [0.25, 0.3) is 0 Å². The van der Waals surface area contributed by atoms with Gasteiger partial charge in [0.05, 0.1) is 6.10 Å². The average molecular weight is 287 g/mol. The van der Waals surface area contributed by atoms with Crippen LogP contribution in [0.4, 0.5) is 5.82 Å². The van der Waals surface area contributed by atoms with E-state index in [1.165, 1.54) is 0 Å². The molecule has 0 radical (unpaired) electrons. The van der Waals surface area contributed by atoms with Crippen LogP contribution in [0.5, 0.6) is 5.75 Å². The van der Waals surface area contributed by atoms with Crippen LogP contribution in [0, 0.1) is 6.92 Å². The van der Waals surface area contributed by atoms with Gasteiger partial charge < -0.3 is 15.5 Å². The molecule has 21 heavy (non-hydrogen) atoms. The number of hydrogen-bond donors (Lipinski definition) is 3. The van der Waals surface area contributed by atoms with Crippen molar-refractivity contribution in [3.05, 3.63) is 47.4 Å². The minimum absolute atomic E-state index is 0.149. The first-order valence-corrected chi connectivity index (χ1v) is 7.13. The molecule has 5 nitrogen and oxygen atoms in total. The molecule has 1 aromatic heterocycles. The number of benzene rings is 1. The van der Waals surface area contributed by atoms with Crippen molar-refractivity contribution in [2.45, 2.75) is 32.8 Å². The fraction of sp³-hybridized carbons (Fsp3) is 0.375. The van der Waals surface area contributed by atoms with E-state index >= 15 is 0 Å². The molecule has 0 fully saturated rings. The highest BCUT2D eigenvalue weighted by Gasteiger charge is 2.10. The van der Waals surface area contributed by atoms with Gasteiger partial charge in [-0.3, -0.25) is 0 Å². The molecular weight excluding hydrogens is 266 g/mol. The van der Waals surface area contributed by atoms with Gasteiger partial charge in [0, 0.05) is 18.3 Å². The molecule has 1 atom stereocenters. The molecule has 0 bridgehead atoms. The summed E-state index contributed by atoms with van der Waals surface area (Å²) >= 11 is 0. The lowest BCUT2D eigenvalue weighted by molar-refractivity contribution is 0.191. The Morgan fingerprint density at radius 2 is 2.14 bits per heavy atom. The van der Waals surface area contributed by atoms with Gasteiger partial charge in [0.15, 0.2) is 0 Å². The Morgan fingerprint density at radius 1 is 1.33 bits per heavy atom. The van der Waals surface area contributed by atoms with Crippen molar-refractivity contribution in [3.8, 4) is 5.75 Å². The highest BCUT2D eigenvalue weighted by atomic mass is 16.3. The number of aryl methyl sites for hydroxylation is 2. The van der Waals surface area contributed by atoms with Crippen LogP contribution in [0.2, 0.25) is 0 Å². The van der Waals surface area contributed by atoms with Crippen molar-refractivity contribution in [3.63, 3.8) is 0 Å². The molecule has 2 aromatic rings. The van der Waals surface area contributed by atoms with Gasteiger partial charge in [-0.05, 0) is 31.0 Å². The second-order valence-electron chi connectivity index (χ2n) is 5.03. The zero-order valence-corrected chi connectivity index (χ0v) is 12.4. The SMILES string of the molecule is CCCc1cnc(C)nc1NCC(O)c1cccc(O)c1. The Bertz CT molecular complexity index is 602. The topological polar surface area (TPSA) is 78.3 Å². The average Bonchev–Trinajstić information content (AvgIpc) is 2.47. The molecule has 0 spiro atoms. The Kier molecular flexibility index (Phi) is 5.11. The summed E-state index contributed by atoms with van der Waals surface area (Å²) < 4.78 is 0. The van der Waals surface area contributed by atoms with E-state index in [2.05, 4.69) is 22.2 Å². The van der Waals surface area contributed by atoms with Crippen molar-refractivity contribution in [1.82, 2.24) is 9.97 Å². The first-order valence-electron chi connectivity index (χ1n) is 7.13. The summed E-state index contributed by atoms with van der Waals surface area (Å²) in [4.78, 5) is 8.60. The summed E-state index contributed by atoms with van der Waals surface area (Å²) in [7, 11) is 0. The fourth-order valence-corrected chi connectivity index (χ4v) is 2.14. The fourth-order valence-electron chi connectivity index (χ4n) is 2.14. The van der Waals surface area contributed by atoms with Gasteiger partial charge in [0.2, 0.25) is 0 Å². The van der Waals surface area contributed by atoms with Crippen LogP contribution >= 0.6 is 0 Å². The Labute approximate surface area is 124 Å². The zero-order chi connectivity index (χ0) is 15.2. The highest BCUT2D eigenvalue weighted by molar-refractivity contribution is 5.43. The van der Waals surface area contributed by atoms with Crippen LogP contribution in [0.15, 0.2) is 30.5 Å². The number of aliphatic hydroxyl groups is 1. The van der Waals surface area contributed by atoms with Crippen LogP contribution in [0.25, 0.3) is 0 Å². The molecule has 1 unspecified atom stereocenters. The second kappa shape index (κ2) is 7.04. The molecule has 2 rings (SSSR count). The van der Waals surface area contributed by atoms with E-state index < -0.39 is 6.10 Å². The molecule has 0 aliphatic heterocycles. The molecule has 1 heterocycles. The van der Waals surface area contributed by atoms with Crippen molar-refractivity contribution in [2.75, 3.05) is 11.9 Å². The number of aromatic hydroxyl groups is 1. The molecule has 112 valence electrons. The summed E-state index contributed by atoms with van der Waals surface area (Å²) in [5, 5.41) is 22.8. The largest absolute Gasteiger partial charge is 0.508 e. The van der Waals surface area contributed by atoms with Crippen molar-refractivity contribution in [2.24, 2.45) is 0 Å². The van der Waals surface area contributed by atoms with Crippen LogP contribution < -0.4 is 5.32 Å².